The first-order valence-corrected chi connectivity index (χ1v) is 9.41. The number of nitriles is 2. The van der Waals surface area contributed by atoms with Gasteiger partial charge in [0.25, 0.3) is 0 Å². The highest BCUT2D eigenvalue weighted by Gasteiger charge is 2.20. The van der Waals surface area contributed by atoms with Gasteiger partial charge in [-0.15, -0.1) is 0 Å². The summed E-state index contributed by atoms with van der Waals surface area (Å²) in [6.45, 7) is 0. The molecule has 0 bridgehead atoms. The fraction of sp³-hybridized carbons (Fsp3) is 0. The van der Waals surface area contributed by atoms with Crippen molar-refractivity contribution in [1.82, 2.24) is 9.78 Å². The number of hydrogen-bond donors (Lipinski definition) is 2. The van der Waals surface area contributed by atoms with Crippen LogP contribution >= 0.6 is 0 Å². The largest absolute Gasteiger partial charge is 0.478 e. The molecule has 0 aliphatic carbocycles. The molecule has 154 valence electrons. The number of nitrogens with zero attached hydrogens (tertiary/aromatic N) is 4. The van der Waals surface area contributed by atoms with Crippen molar-refractivity contribution in [2.45, 2.75) is 0 Å². The Kier molecular flexibility index (Phi) is 5.27. The summed E-state index contributed by atoms with van der Waals surface area (Å²) in [5.74, 6) is -0.00908. The van der Waals surface area contributed by atoms with Crippen LogP contribution in [0, 0.1) is 22.7 Å². The van der Waals surface area contributed by atoms with Crippen LogP contribution in [0.4, 0.5) is 5.82 Å². The van der Waals surface area contributed by atoms with E-state index in [0.717, 1.165) is 0 Å². The number of para-hydroxylation sites is 1. The molecule has 32 heavy (non-hydrogen) atoms. The van der Waals surface area contributed by atoms with E-state index >= 15 is 0 Å². The number of anilines is 1. The minimum Gasteiger partial charge on any atom is -0.478 e. The lowest BCUT2D eigenvalue weighted by Crippen LogP contribution is -2.02. The molecule has 0 spiro atoms. The van der Waals surface area contributed by atoms with Gasteiger partial charge in [0.1, 0.15) is 40.7 Å². The summed E-state index contributed by atoms with van der Waals surface area (Å²) in [5, 5.41) is 32.7. The fourth-order valence-corrected chi connectivity index (χ4v) is 3.15. The van der Waals surface area contributed by atoms with Crippen molar-refractivity contribution in [3.8, 4) is 29.1 Å². The molecule has 0 saturated carbocycles. The number of allylic oxidation sites excluding steroid dienone is 1. The molecule has 4 rings (SSSR count). The van der Waals surface area contributed by atoms with E-state index in [1.54, 1.807) is 36.4 Å². The Labute approximate surface area is 182 Å². The van der Waals surface area contributed by atoms with Crippen LogP contribution in [0.5, 0.6) is 0 Å². The van der Waals surface area contributed by atoms with Gasteiger partial charge in [-0.25, -0.2) is 9.48 Å². The minimum absolute atomic E-state index is 0.0951. The summed E-state index contributed by atoms with van der Waals surface area (Å²) >= 11 is 0. The fourth-order valence-electron chi connectivity index (χ4n) is 3.15. The third kappa shape index (κ3) is 3.72. The topological polar surface area (TPSA) is 142 Å². The van der Waals surface area contributed by atoms with E-state index in [2.05, 4.69) is 11.2 Å². The molecule has 3 N–H and O–H groups in total. The third-order valence-corrected chi connectivity index (χ3v) is 4.74. The summed E-state index contributed by atoms with van der Waals surface area (Å²) in [6.07, 6.45) is 1.48. The van der Waals surface area contributed by atoms with Crippen molar-refractivity contribution in [2.75, 3.05) is 5.73 Å². The van der Waals surface area contributed by atoms with Gasteiger partial charge in [0.2, 0.25) is 0 Å². The van der Waals surface area contributed by atoms with Gasteiger partial charge in [-0.1, -0.05) is 30.3 Å². The van der Waals surface area contributed by atoms with Crippen LogP contribution in [-0.4, -0.2) is 20.9 Å². The molecule has 0 saturated heterocycles. The van der Waals surface area contributed by atoms with Gasteiger partial charge in [-0.2, -0.15) is 15.6 Å². The predicted molar refractivity (Wildman–Crippen MR) is 117 cm³/mol. The van der Waals surface area contributed by atoms with Crippen LogP contribution in [0.15, 0.2) is 71.1 Å². The number of carboxylic acid groups (broad SMARTS) is 1. The second kappa shape index (κ2) is 8.34. The highest BCUT2D eigenvalue weighted by molar-refractivity contribution is 5.91. The Hall–Kier alpha value is -5.08. The molecule has 2 heterocycles. The smallest absolute Gasteiger partial charge is 0.335 e. The minimum atomic E-state index is -1.01. The molecule has 0 amide bonds. The molecule has 0 aliphatic rings. The first-order valence-electron chi connectivity index (χ1n) is 9.41. The number of aromatic carboxylic acids is 1. The van der Waals surface area contributed by atoms with Crippen molar-refractivity contribution in [3.63, 3.8) is 0 Å². The second-order valence-electron chi connectivity index (χ2n) is 6.72. The average molecular weight is 421 g/mol. The van der Waals surface area contributed by atoms with Gasteiger partial charge in [0.15, 0.2) is 0 Å². The summed E-state index contributed by atoms with van der Waals surface area (Å²) in [6, 6.07) is 22.7. The lowest BCUT2D eigenvalue weighted by molar-refractivity contribution is 0.0697. The maximum absolute atomic E-state index is 11.0. The predicted octanol–water partition coefficient (Wildman–Crippen LogP) is 4.35. The number of rotatable bonds is 5. The quantitative estimate of drug-likeness (QED) is 0.456. The van der Waals surface area contributed by atoms with Crippen molar-refractivity contribution in [1.29, 1.82) is 10.5 Å². The van der Waals surface area contributed by atoms with E-state index in [9.17, 15) is 15.3 Å². The molecule has 2 aromatic heterocycles. The Balaban J connectivity index is 1.71. The normalized spacial score (nSPS) is 11.0. The van der Waals surface area contributed by atoms with Gasteiger partial charge in [0.05, 0.1) is 16.8 Å². The first-order chi connectivity index (χ1) is 15.5. The van der Waals surface area contributed by atoms with E-state index in [4.69, 9.17) is 15.3 Å². The average Bonchev–Trinajstić information content (AvgIpc) is 3.42. The number of nitrogens with two attached hydrogens (primary N) is 1. The number of furan rings is 1. The van der Waals surface area contributed by atoms with E-state index in [1.807, 2.05) is 24.3 Å². The lowest BCUT2D eigenvalue weighted by atomic mass is 10.1. The molecule has 2 aromatic carbocycles. The number of carboxylic acids is 1. The van der Waals surface area contributed by atoms with Crippen molar-refractivity contribution >= 4 is 23.4 Å². The molecule has 8 nitrogen and oxygen atoms in total. The summed E-state index contributed by atoms with van der Waals surface area (Å²) in [7, 11) is 0. The van der Waals surface area contributed by atoms with Crippen LogP contribution in [0.3, 0.4) is 0 Å². The van der Waals surface area contributed by atoms with Gasteiger partial charge in [0, 0.05) is 11.6 Å². The van der Waals surface area contributed by atoms with Crippen LogP contribution < -0.4 is 5.73 Å². The van der Waals surface area contributed by atoms with E-state index in [-0.39, 0.29) is 28.2 Å². The highest BCUT2D eigenvalue weighted by Crippen LogP contribution is 2.29. The third-order valence-electron chi connectivity index (χ3n) is 4.74. The molecule has 0 fully saturated rings. The number of aromatic nitrogens is 2. The maximum Gasteiger partial charge on any atom is 0.335 e. The van der Waals surface area contributed by atoms with Gasteiger partial charge >= 0.3 is 5.97 Å². The van der Waals surface area contributed by atoms with Crippen molar-refractivity contribution < 1.29 is 14.3 Å². The van der Waals surface area contributed by atoms with Crippen molar-refractivity contribution in [2.24, 2.45) is 0 Å². The molecular formula is C24H15N5O3. The summed E-state index contributed by atoms with van der Waals surface area (Å²) in [5.41, 5.74) is 8.00. The Morgan fingerprint density at radius 1 is 1.06 bits per heavy atom. The van der Waals surface area contributed by atoms with E-state index in [1.165, 1.54) is 22.9 Å². The van der Waals surface area contributed by atoms with Gasteiger partial charge in [-0.05, 0) is 36.4 Å². The van der Waals surface area contributed by atoms with Gasteiger partial charge in [-0.3, -0.25) is 0 Å². The number of benzene rings is 2. The Morgan fingerprint density at radius 3 is 2.41 bits per heavy atom. The standard InChI is InChI=1S/C24H15N5O3/c25-13-17(22-20(14-26)23(27)29(28-22)18-4-2-1-3-5-18)12-19-10-11-21(32-19)15-6-8-16(9-7-15)24(30)31/h1-12H,27H2,(H,30,31). The number of nitrogen functional groups attached to an aromatic ring is 1. The second-order valence-corrected chi connectivity index (χ2v) is 6.72. The summed E-state index contributed by atoms with van der Waals surface area (Å²) in [4.78, 5) is 11.0. The zero-order valence-electron chi connectivity index (χ0n) is 16.6. The molecule has 0 radical (unpaired) electrons. The zero-order chi connectivity index (χ0) is 22.7. The maximum atomic E-state index is 11.0. The van der Waals surface area contributed by atoms with Gasteiger partial charge < -0.3 is 15.3 Å². The van der Waals surface area contributed by atoms with E-state index in [0.29, 0.717) is 22.8 Å². The monoisotopic (exact) mass is 421 g/mol. The molecule has 0 atom stereocenters. The van der Waals surface area contributed by atoms with E-state index < -0.39 is 5.97 Å². The van der Waals surface area contributed by atoms with Crippen LogP contribution in [0.25, 0.3) is 28.7 Å². The Morgan fingerprint density at radius 2 is 1.78 bits per heavy atom. The molecule has 8 heteroatoms. The van der Waals surface area contributed by atoms with Crippen LogP contribution in [0.2, 0.25) is 0 Å². The SMILES string of the molecule is N#CC(=Cc1ccc(-c2ccc(C(=O)O)cc2)o1)c1nn(-c2ccccc2)c(N)c1C#N. The lowest BCUT2D eigenvalue weighted by Gasteiger charge is -2.02. The Bertz CT molecular complexity index is 1420. The van der Waals surface area contributed by atoms with Crippen LogP contribution in [0.1, 0.15) is 27.4 Å². The molecule has 4 aromatic rings. The molecule has 0 unspecified atom stereocenters. The zero-order valence-corrected chi connectivity index (χ0v) is 16.6. The number of hydrogen-bond acceptors (Lipinski definition) is 6. The molecule has 0 aliphatic heterocycles. The number of carbonyl (C=O) groups is 1. The summed E-state index contributed by atoms with van der Waals surface area (Å²) < 4.78 is 7.21. The van der Waals surface area contributed by atoms with Crippen LogP contribution in [-0.2, 0) is 0 Å². The highest BCUT2D eigenvalue weighted by atomic mass is 16.4. The molecular weight excluding hydrogens is 406 g/mol. The first kappa shape index (κ1) is 20.2. The van der Waals surface area contributed by atoms with Crippen molar-refractivity contribution in [3.05, 3.63) is 89.3 Å².